The fraction of sp³-hybridized carbons (Fsp3) is 0.316. The van der Waals surface area contributed by atoms with Gasteiger partial charge < -0.3 is 9.64 Å². The third-order valence-electron chi connectivity index (χ3n) is 4.99. The minimum absolute atomic E-state index is 0.0682. The molecule has 8 heteroatoms. The minimum atomic E-state index is -0.260. The van der Waals surface area contributed by atoms with Gasteiger partial charge in [-0.3, -0.25) is 4.99 Å². The van der Waals surface area contributed by atoms with Gasteiger partial charge in [0.15, 0.2) is 11.8 Å². The Morgan fingerprint density at radius 3 is 2.78 bits per heavy atom. The van der Waals surface area contributed by atoms with Crippen LogP contribution in [0.4, 0.5) is 4.79 Å². The van der Waals surface area contributed by atoms with Crippen LogP contribution in [0.5, 0.6) is 0 Å². The number of quaternary nitrogens is 1. The van der Waals surface area contributed by atoms with Crippen molar-refractivity contribution in [2.45, 2.75) is 19.4 Å². The monoisotopic (exact) mass is 497 g/mol. The lowest BCUT2D eigenvalue weighted by Crippen LogP contribution is -2.39. The van der Waals surface area contributed by atoms with Crippen LogP contribution in [0.15, 0.2) is 64.1 Å². The van der Waals surface area contributed by atoms with Crippen LogP contribution in [0.2, 0.25) is 0 Å². The minimum Gasteiger partial charge on any atom is -0.445 e. The Labute approximate surface area is 176 Å². The molecule has 3 aliphatic heterocycles. The predicted octanol–water partition coefficient (Wildman–Crippen LogP) is 4.58. The number of ether oxygens (including phenoxy) is 1. The number of amidine groups is 1. The van der Waals surface area contributed by atoms with Crippen molar-refractivity contribution in [3.05, 3.63) is 59.7 Å². The van der Waals surface area contributed by atoms with Gasteiger partial charge in [-0.15, -0.1) is 4.00 Å². The van der Waals surface area contributed by atoms with E-state index in [0.29, 0.717) is 19.7 Å². The van der Waals surface area contributed by atoms with Gasteiger partial charge >= 0.3 is 6.09 Å². The number of aliphatic imine (C=N–C) groups is 2. The van der Waals surface area contributed by atoms with Crippen LogP contribution in [0.25, 0.3) is 0 Å². The van der Waals surface area contributed by atoms with E-state index >= 15 is 0 Å². The highest BCUT2D eigenvalue weighted by molar-refractivity contribution is 14.1. The molecule has 1 aromatic rings. The van der Waals surface area contributed by atoms with Crippen LogP contribution in [-0.2, 0) is 11.3 Å². The maximum absolute atomic E-state index is 12.3. The van der Waals surface area contributed by atoms with Crippen LogP contribution in [-0.4, -0.2) is 38.1 Å². The molecule has 0 N–H and O–H groups in total. The first-order valence-electron chi connectivity index (χ1n) is 8.82. The van der Waals surface area contributed by atoms with Crippen molar-refractivity contribution in [1.82, 2.24) is 4.90 Å². The third kappa shape index (κ3) is 3.68. The Bertz CT molecular complexity index is 860. The molecule has 0 aliphatic carbocycles. The fourth-order valence-corrected chi connectivity index (χ4v) is 4.38. The Morgan fingerprint density at radius 2 is 2.04 bits per heavy atom. The second kappa shape index (κ2) is 7.73. The number of piperidine rings is 1. The zero-order valence-electron chi connectivity index (χ0n) is 14.6. The lowest BCUT2D eigenvalue weighted by atomic mass is 9.92. The second-order valence-electron chi connectivity index (χ2n) is 6.67. The number of fused-ring (bicyclic) bond motifs is 1. The summed E-state index contributed by atoms with van der Waals surface area (Å²) in [6, 6.07) is 9.71. The average molecular weight is 498 g/mol. The van der Waals surface area contributed by atoms with E-state index in [4.69, 9.17) is 21.5 Å². The number of rotatable bonds is 3. The van der Waals surface area contributed by atoms with Crippen molar-refractivity contribution < 1.29 is 13.5 Å². The molecule has 0 spiro atoms. The summed E-state index contributed by atoms with van der Waals surface area (Å²) in [5.41, 5.74) is 2.89. The SMILES string of the molecule is O=C(OCc1ccccc1)N1CCC(C2=C3C=NC=C[N+]3(Cl)C(I)=N2)CC1. The molecule has 1 aromatic carbocycles. The molecular formula is C19H19ClIN4O2+. The summed E-state index contributed by atoms with van der Waals surface area (Å²) < 4.78 is 6.30. The van der Waals surface area contributed by atoms with E-state index in [2.05, 4.69) is 27.6 Å². The van der Waals surface area contributed by atoms with E-state index < -0.39 is 0 Å². The molecule has 140 valence electrons. The number of nitrogens with zero attached hydrogens (tertiary/aromatic N) is 4. The highest BCUT2D eigenvalue weighted by Gasteiger charge is 2.46. The van der Waals surface area contributed by atoms with Gasteiger partial charge in [0.1, 0.15) is 18.5 Å². The molecule has 0 radical (unpaired) electrons. The van der Waals surface area contributed by atoms with Gasteiger partial charge in [-0.1, -0.05) is 30.3 Å². The molecule has 6 nitrogen and oxygen atoms in total. The number of halogens is 2. The van der Waals surface area contributed by atoms with E-state index in [0.717, 1.165) is 33.6 Å². The maximum Gasteiger partial charge on any atom is 0.410 e. The highest BCUT2D eigenvalue weighted by Crippen LogP contribution is 2.41. The molecule has 1 amide bonds. The summed E-state index contributed by atoms with van der Waals surface area (Å²) in [6.45, 7) is 1.60. The normalized spacial score (nSPS) is 24.8. The van der Waals surface area contributed by atoms with Crippen molar-refractivity contribution >= 4 is 50.5 Å². The number of amides is 1. The lowest BCUT2D eigenvalue weighted by Gasteiger charge is -2.31. The van der Waals surface area contributed by atoms with Gasteiger partial charge in [-0.25, -0.2) is 4.79 Å². The lowest BCUT2D eigenvalue weighted by molar-refractivity contribution is -0.594. The highest BCUT2D eigenvalue weighted by atomic mass is 127. The first-order valence-corrected chi connectivity index (χ1v) is 10.2. The molecule has 27 heavy (non-hydrogen) atoms. The smallest absolute Gasteiger partial charge is 0.410 e. The molecule has 0 aromatic heterocycles. The zero-order chi connectivity index (χ0) is 18.9. The van der Waals surface area contributed by atoms with Gasteiger partial charge in [0, 0.05) is 19.0 Å². The third-order valence-corrected chi connectivity index (χ3v) is 6.74. The summed E-state index contributed by atoms with van der Waals surface area (Å²) in [6.07, 6.45) is 6.72. The molecule has 1 fully saturated rings. The van der Waals surface area contributed by atoms with E-state index in [9.17, 15) is 4.79 Å². The summed E-state index contributed by atoms with van der Waals surface area (Å²) in [7, 11) is 0. The number of carbonyl (C=O) groups is 1. The van der Waals surface area contributed by atoms with Crippen LogP contribution >= 0.6 is 34.4 Å². The van der Waals surface area contributed by atoms with Gasteiger partial charge in [-0.05, 0) is 18.4 Å². The number of hydrogen-bond donors (Lipinski definition) is 0. The summed E-state index contributed by atoms with van der Waals surface area (Å²) in [5.74, 6) is 0.264. The van der Waals surface area contributed by atoms with Crippen LogP contribution in [0, 0.1) is 5.92 Å². The molecule has 0 saturated carbocycles. The first-order chi connectivity index (χ1) is 13.1. The maximum atomic E-state index is 12.3. The van der Waals surface area contributed by atoms with E-state index in [1.54, 1.807) is 17.3 Å². The van der Waals surface area contributed by atoms with Gasteiger partial charge in [0.05, 0.1) is 35.0 Å². The number of likely N-dealkylation sites (tertiary alicyclic amines) is 1. The Kier molecular flexibility index (Phi) is 5.34. The Balaban J connectivity index is 1.37. The first kappa shape index (κ1) is 18.6. The molecular weight excluding hydrogens is 479 g/mol. The number of allylic oxidation sites excluding steroid dienone is 2. The molecule has 1 atom stereocenters. The number of carbonyl (C=O) groups excluding carboxylic acids is 1. The fourth-order valence-electron chi connectivity index (χ4n) is 3.48. The van der Waals surface area contributed by atoms with Crippen molar-refractivity contribution in [3.63, 3.8) is 0 Å². The van der Waals surface area contributed by atoms with Crippen molar-refractivity contribution in [2.24, 2.45) is 15.9 Å². The second-order valence-corrected chi connectivity index (χ2v) is 8.16. The van der Waals surface area contributed by atoms with Gasteiger partial charge in [-0.2, -0.15) is 4.99 Å². The largest absolute Gasteiger partial charge is 0.445 e. The molecule has 1 saturated heterocycles. The number of hydrogen-bond acceptors (Lipinski definition) is 4. The van der Waals surface area contributed by atoms with Crippen LogP contribution in [0.1, 0.15) is 18.4 Å². The van der Waals surface area contributed by atoms with E-state index in [-0.39, 0.29) is 16.0 Å². The van der Waals surface area contributed by atoms with Gasteiger partial charge in [0.2, 0.25) is 5.70 Å². The Hall–Kier alpha value is -1.71. The Morgan fingerprint density at radius 1 is 1.30 bits per heavy atom. The van der Waals surface area contributed by atoms with Gasteiger partial charge in [0.25, 0.3) is 3.84 Å². The number of benzene rings is 1. The quantitative estimate of drug-likeness (QED) is 0.349. The molecule has 3 aliphatic rings. The summed E-state index contributed by atoms with van der Waals surface area (Å²) in [5, 5.41) is 0. The average Bonchev–Trinajstić information content (AvgIpc) is 2.98. The van der Waals surface area contributed by atoms with E-state index in [1.807, 2.05) is 36.5 Å². The summed E-state index contributed by atoms with van der Waals surface area (Å²) >= 11 is 8.87. The summed E-state index contributed by atoms with van der Waals surface area (Å²) in [4.78, 5) is 23.0. The predicted molar refractivity (Wildman–Crippen MR) is 113 cm³/mol. The molecule has 3 heterocycles. The van der Waals surface area contributed by atoms with E-state index in [1.165, 1.54) is 0 Å². The van der Waals surface area contributed by atoms with Crippen LogP contribution in [0.3, 0.4) is 0 Å². The molecule has 0 bridgehead atoms. The standard InChI is InChI=1S/C19H19ClIN4O2/c20-25-11-8-22-12-16(25)17(23-18(25)21)15-6-9-24(10-7-15)19(26)27-13-14-4-2-1-3-5-14/h1-5,8,11-12,15H,6-7,9-10,13H2/q+1. The van der Waals surface area contributed by atoms with Crippen molar-refractivity contribution in [1.29, 1.82) is 0 Å². The molecule has 1 unspecified atom stereocenters. The zero-order valence-corrected chi connectivity index (χ0v) is 17.5. The van der Waals surface area contributed by atoms with Crippen molar-refractivity contribution in [3.8, 4) is 0 Å². The topological polar surface area (TPSA) is 54.3 Å². The van der Waals surface area contributed by atoms with Crippen LogP contribution < -0.4 is 0 Å². The van der Waals surface area contributed by atoms with Crippen molar-refractivity contribution in [2.75, 3.05) is 13.1 Å². The molecule has 4 rings (SSSR count).